The van der Waals surface area contributed by atoms with Crippen molar-refractivity contribution in [2.24, 2.45) is 5.73 Å². The Bertz CT molecular complexity index is 439. The highest BCUT2D eigenvalue weighted by Gasteiger charge is 2.40. The van der Waals surface area contributed by atoms with Crippen LogP contribution in [0.5, 0.6) is 5.75 Å². The van der Waals surface area contributed by atoms with Crippen LogP contribution in [0.2, 0.25) is 0 Å². The van der Waals surface area contributed by atoms with E-state index < -0.39 is 0 Å². The molecular formula is C17H25NO. The van der Waals surface area contributed by atoms with Crippen LogP contribution in [0.15, 0.2) is 18.2 Å². The fourth-order valence-electron chi connectivity index (χ4n) is 3.76. The third-order valence-corrected chi connectivity index (χ3v) is 5.06. The molecule has 1 aromatic carbocycles. The lowest BCUT2D eigenvalue weighted by atomic mass is 9.63. The minimum atomic E-state index is 0.194. The Morgan fingerprint density at radius 2 is 1.95 bits per heavy atom. The molecule has 2 aliphatic carbocycles. The van der Waals surface area contributed by atoms with Crippen LogP contribution in [0.1, 0.15) is 56.1 Å². The summed E-state index contributed by atoms with van der Waals surface area (Å²) in [5.74, 6) is 1.11. The van der Waals surface area contributed by atoms with Crippen molar-refractivity contribution in [3.63, 3.8) is 0 Å². The predicted octanol–water partition coefficient (Wildman–Crippen LogP) is 3.70. The first kappa shape index (κ1) is 13.0. The lowest BCUT2D eigenvalue weighted by Crippen LogP contribution is -2.42. The van der Waals surface area contributed by atoms with E-state index in [1.807, 2.05) is 0 Å². The van der Waals surface area contributed by atoms with E-state index >= 15 is 0 Å². The van der Waals surface area contributed by atoms with Crippen molar-refractivity contribution in [2.75, 3.05) is 6.54 Å². The van der Waals surface area contributed by atoms with Crippen molar-refractivity contribution >= 4 is 0 Å². The van der Waals surface area contributed by atoms with Gasteiger partial charge in [0.2, 0.25) is 0 Å². The van der Waals surface area contributed by atoms with Gasteiger partial charge in [0.1, 0.15) is 5.75 Å². The summed E-state index contributed by atoms with van der Waals surface area (Å²) >= 11 is 0. The molecule has 104 valence electrons. The summed E-state index contributed by atoms with van der Waals surface area (Å²) in [5, 5.41) is 0. The van der Waals surface area contributed by atoms with E-state index in [2.05, 4.69) is 25.1 Å². The van der Waals surface area contributed by atoms with E-state index in [0.717, 1.165) is 12.3 Å². The summed E-state index contributed by atoms with van der Waals surface area (Å²) in [4.78, 5) is 0. The van der Waals surface area contributed by atoms with E-state index in [1.54, 1.807) is 0 Å². The van der Waals surface area contributed by atoms with Crippen LogP contribution < -0.4 is 10.5 Å². The van der Waals surface area contributed by atoms with Crippen LogP contribution in [0.4, 0.5) is 0 Å². The summed E-state index contributed by atoms with van der Waals surface area (Å²) < 4.78 is 6.32. The third kappa shape index (κ3) is 2.27. The maximum absolute atomic E-state index is 6.32. The lowest BCUT2D eigenvalue weighted by molar-refractivity contribution is 0.189. The summed E-state index contributed by atoms with van der Waals surface area (Å²) in [6.45, 7) is 2.95. The quantitative estimate of drug-likeness (QED) is 0.895. The van der Waals surface area contributed by atoms with Crippen molar-refractivity contribution < 1.29 is 4.74 Å². The zero-order chi connectivity index (χ0) is 13.3. The fraction of sp³-hybridized carbons (Fsp3) is 0.647. The van der Waals surface area contributed by atoms with Gasteiger partial charge in [0.05, 0.1) is 6.10 Å². The second-order valence-corrected chi connectivity index (χ2v) is 6.31. The standard InChI is InChI=1S/C17H25NO/c1-13-6-4-9-15(19-14-7-2-3-8-14)16(13)17(12-18)10-5-11-17/h4,6,9,14H,2-3,5,7-8,10-12,18H2,1H3. The number of ether oxygens (including phenoxy) is 1. The maximum Gasteiger partial charge on any atom is 0.123 e. The van der Waals surface area contributed by atoms with Crippen LogP contribution in [0, 0.1) is 6.92 Å². The molecule has 2 fully saturated rings. The molecule has 2 aliphatic rings. The molecule has 0 bridgehead atoms. The van der Waals surface area contributed by atoms with Crippen molar-refractivity contribution in [2.45, 2.75) is 63.4 Å². The number of benzene rings is 1. The highest BCUT2D eigenvalue weighted by Crippen LogP contribution is 2.48. The topological polar surface area (TPSA) is 35.2 Å². The third-order valence-electron chi connectivity index (χ3n) is 5.06. The molecule has 0 amide bonds. The molecule has 19 heavy (non-hydrogen) atoms. The molecule has 2 saturated carbocycles. The smallest absolute Gasteiger partial charge is 0.123 e. The molecule has 0 heterocycles. The first-order chi connectivity index (χ1) is 9.25. The van der Waals surface area contributed by atoms with Crippen molar-refractivity contribution in [1.29, 1.82) is 0 Å². The number of hydrogen-bond donors (Lipinski definition) is 1. The van der Waals surface area contributed by atoms with Crippen LogP contribution in [-0.4, -0.2) is 12.6 Å². The summed E-state index contributed by atoms with van der Waals surface area (Å²) in [6.07, 6.45) is 9.21. The zero-order valence-corrected chi connectivity index (χ0v) is 12.0. The van der Waals surface area contributed by atoms with E-state index in [-0.39, 0.29) is 5.41 Å². The van der Waals surface area contributed by atoms with Gasteiger partial charge in [-0.15, -0.1) is 0 Å². The second-order valence-electron chi connectivity index (χ2n) is 6.31. The zero-order valence-electron chi connectivity index (χ0n) is 12.0. The van der Waals surface area contributed by atoms with Gasteiger partial charge in [0, 0.05) is 17.5 Å². The predicted molar refractivity (Wildman–Crippen MR) is 78.6 cm³/mol. The van der Waals surface area contributed by atoms with Crippen LogP contribution in [0.3, 0.4) is 0 Å². The van der Waals surface area contributed by atoms with E-state index in [1.165, 1.54) is 56.1 Å². The highest BCUT2D eigenvalue weighted by molar-refractivity contribution is 5.47. The van der Waals surface area contributed by atoms with Gasteiger partial charge in [-0.3, -0.25) is 0 Å². The summed E-state index contributed by atoms with van der Waals surface area (Å²) in [6, 6.07) is 6.47. The second kappa shape index (κ2) is 5.16. The molecule has 1 aromatic rings. The largest absolute Gasteiger partial charge is 0.490 e. The number of rotatable bonds is 4. The van der Waals surface area contributed by atoms with Gasteiger partial charge >= 0.3 is 0 Å². The first-order valence-electron chi connectivity index (χ1n) is 7.72. The Kier molecular flexibility index (Phi) is 3.53. The molecule has 0 aromatic heterocycles. The molecule has 0 unspecified atom stereocenters. The minimum absolute atomic E-state index is 0.194. The van der Waals surface area contributed by atoms with Gasteiger partial charge in [-0.1, -0.05) is 18.6 Å². The average Bonchev–Trinajstić information content (AvgIpc) is 2.84. The summed E-state index contributed by atoms with van der Waals surface area (Å²) in [5.41, 5.74) is 9.03. The fourth-order valence-corrected chi connectivity index (χ4v) is 3.76. The number of aryl methyl sites for hydroxylation is 1. The Balaban J connectivity index is 1.92. The SMILES string of the molecule is Cc1cccc(OC2CCCC2)c1C1(CN)CCC1. The van der Waals surface area contributed by atoms with Gasteiger partial charge in [0.15, 0.2) is 0 Å². The van der Waals surface area contributed by atoms with Crippen molar-refractivity contribution in [3.8, 4) is 5.75 Å². The molecule has 0 spiro atoms. The molecular weight excluding hydrogens is 234 g/mol. The van der Waals surface area contributed by atoms with Gasteiger partial charge in [-0.05, 0) is 57.1 Å². The van der Waals surface area contributed by atoms with Crippen molar-refractivity contribution in [3.05, 3.63) is 29.3 Å². The average molecular weight is 259 g/mol. The first-order valence-corrected chi connectivity index (χ1v) is 7.72. The van der Waals surface area contributed by atoms with E-state index in [9.17, 15) is 0 Å². The molecule has 0 radical (unpaired) electrons. The van der Waals surface area contributed by atoms with Gasteiger partial charge in [0.25, 0.3) is 0 Å². The Hall–Kier alpha value is -1.02. The molecule has 0 saturated heterocycles. The molecule has 0 atom stereocenters. The molecule has 0 aliphatic heterocycles. The Morgan fingerprint density at radius 3 is 2.53 bits per heavy atom. The van der Waals surface area contributed by atoms with Crippen molar-refractivity contribution in [1.82, 2.24) is 0 Å². The maximum atomic E-state index is 6.32. The van der Waals surface area contributed by atoms with Gasteiger partial charge in [-0.25, -0.2) is 0 Å². The van der Waals surface area contributed by atoms with Crippen LogP contribution in [-0.2, 0) is 5.41 Å². The number of nitrogens with two attached hydrogens (primary N) is 1. The van der Waals surface area contributed by atoms with Gasteiger partial charge in [-0.2, -0.15) is 0 Å². The molecule has 2 heteroatoms. The van der Waals surface area contributed by atoms with Crippen LogP contribution in [0.25, 0.3) is 0 Å². The molecule has 2 N–H and O–H groups in total. The Labute approximate surface area is 116 Å². The minimum Gasteiger partial charge on any atom is -0.490 e. The number of hydrogen-bond acceptors (Lipinski definition) is 2. The van der Waals surface area contributed by atoms with Crippen LogP contribution >= 0.6 is 0 Å². The molecule has 3 rings (SSSR count). The van der Waals surface area contributed by atoms with E-state index in [0.29, 0.717) is 6.10 Å². The monoisotopic (exact) mass is 259 g/mol. The lowest BCUT2D eigenvalue weighted by Gasteiger charge is -2.43. The summed E-state index contributed by atoms with van der Waals surface area (Å²) in [7, 11) is 0. The van der Waals surface area contributed by atoms with E-state index in [4.69, 9.17) is 10.5 Å². The Morgan fingerprint density at radius 1 is 1.21 bits per heavy atom. The highest BCUT2D eigenvalue weighted by atomic mass is 16.5. The van der Waals surface area contributed by atoms with Gasteiger partial charge < -0.3 is 10.5 Å². The normalized spacial score (nSPS) is 22.2. The molecule has 2 nitrogen and oxygen atoms in total.